The Hall–Kier alpha value is -0.0400. The van der Waals surface area contributed by atoms with E-state index in [2.05, 4.69) is 27.7 Å². The molecule has 0 aromatic heterocycles. The second-order valence-corrected chi connectivity index (χ2v) is 14.8. The maximum Gasteiger partial charge on any atom is 0.0786 e. The van der Waals surface area contributed by atoms with Crippen LogP contribution in [0.25, 0.3) is 0 Å². The first-order chi connectivity index (χ1) is 21.2. The van der Waals surface area contributed by atoms with Gasteiger partial charge < -0.3 is 4.48 Å². The molecule has 0 saturated heterocycles. The van der Waals surface area contributed by atoms with Crippen molar-refractivity contribution in [3.63, 3.8) is 0 Å². The van der Waals surface area contributed by atoms with Crippen LogP contribution in [0, 0.1) is 0 Å². The molecule has 0 saturated carbocycles. The lowest BCUT2D eigenvalue weighted by atomic mass is 10.0. The minimum atomic E-state index is 1.37. The number of unbranched alkanes of at least 4 members (excludes halogenated alkanes) is 30. The minimum Gasteiger partial charge on any atom is -0.324 e. The van der Waals surface area contributed by atoms with Gasteiger partial charge in [0.05, 0.1) is 26.2 Å². The lowest BCUT2D eigenvalue weighted by Gasteiger charge is -2.40. The van der Waals surface area contributed by atoms with Crippen LogP contribution in [-0.2, 0) is 0 Å². The van der Waals surface area contributed by atoms with E-state index in [0.717, 1.165) is 0 Å². The van der Waals surface area contributed by atoms with Crippen LogP contribution >= 0.6 is 0 Å². The summed E-state index contributed by atoms with van der Waals surface area (Å²) in [6.45, 7) is 15.3. The Labute approximate surface area is 276 Å². The van der Waals surface area contributed by atoms with Crippen molar-refractivity contribution in [2.45, 2.75) is 246 Å². The molecule has 0 aliphatic carbocycles. The predicted molar refractivity (Wildman–Crippen MR) is 199 cm³/mol. The molecule has 0 atom stereocenters. The Kier molecular flexibility index (Phi) is 36.4. The van der Waals surface area contributed by atoms with Crippen molar-refractivity contribution in [2.24, 2.45) is 0 Å². The summed E-state index contributed by atoms with van der Waals surface area (Å²) < 4.78 is 1.48. The van der Waals surface area contributed by atoms with Crippen LogP contribution in [-0.4, -0.2) is 30.7 Å². The van der Waals surface area contributed by atoms with Gasteiger partial charge in [0.25, 0.3) is 0 Å². The van der Waals surface area contributed by atoms with Crippen LogP contribution in [0.2, 0.25) is 0 Å². The molecule has 1 nitrogen and oxygen atoms in total. The van der Waals surface area contributed by atoms with Gasteiger partial charge in [-0.15, -0.1) is 0 Å². The van der Waals surface area contributed by atoms with Crippen molar-refractivity contribution in [1.82, 2.24) is 0 Å². The largest absolute Gasteiger partial charge is 0.324 e. The zero-order chi connectivity index (χ0) is 31.4. The van der Waals surface area contributed by atoms with E-state index < -0.39 is 0 Å². The summed E-state index contributed by atoms with van der Waals surface area (Å²) in [6.07, 6.45) is 49.7. The summed E-state index contributed by atoms with van der Waals surface area (Å²) in [6, 6.07) is 0. The molecule has 43 heavy (non-hydrogen) atoms. The predicted octanol–water partition coefficient (Wildman–Crippen LogP) is 15.1. The molecular formula is C42H88N+. The third-order valence-electron chi connectivity index (χ3n) is 10.4. The zero-order valence-electron chi connectivity index (χ0n) is 31.3. The van der Waals surface area contributed by atoms with Gasteiger partial charge in [0.2, 0.25) is 0 Å². The van der Waals surface area contributed by atoms with Gasteiger partial charge in [-0.2, -0.15) is 0 Å². The third kappa shape index (κ3) is 31.7. The maximum absolute atomic E-state index is 2.37. The number of rotatable bonds is 38. The van der Waals surface area contributed by atoms with E-state index in [9.17, 15) is 0 Å². The fraction of sp³-hybridized carbons (Fsp3) is 1.00. The van der Waals surface area contributed by atoms with E-state index in [1.807, 2.05) is 0 Å². The molecule has 0 aliphatic rings. The monoisotopic (exact) mass is 607 g/mol. The Morgan fingerprint density at radius 3 is 0.512 bits per heavy atom. The molecule has 0 aromatic rings. The highest BCUT2D eigenvalue weighted by Gasteiger charge is 2.25. The molecule has 0 radical (unpaired) electrons. The molecular weight excluding hydrogens is 518 g/mol. The van der Waals surface area contributed by atoms with Gasteiger partial charge in [-0.3, -0.25) is 0 Å². The average Bonchev–Trinajstić information content (AvgIpc) is 3.02. The normalized spacial score (nSPS) is 12.0. The van der Waals surface area contributed by atoms with Gasteiger partial charge in [0.15, 0.2) is 0 Å². The summed E-state index contributed by atoms with van der Waals surface area (Å²) in [5.74, 6) is 0. The van der Waals surface area contributed by atoms with Crippen molar-refractivity contribution in [3.05, 3.63) is 0 Å². The Bertz CT molecular complexity index is 425. The van der Waals surface area contributed by atoms with Crippen molar-refractivity contribution in [1.29, 1.82) is 0 Å². The van der Waals surface area contributed by atoms with Gasteiger partial charge in [-0.25, -0.2) is 0 Å². The highest BCUT2D eigenvalue weighted by Crippen LogP contribution is 2.21. The molecule has 0 aliphatic heterocycles. The molecule has 1 heteroatoms. The van der Waals surface area contributed by atoms with Crippen molar-refractivity contribution >= 4 is 0 Å². The second kappa shape index (κ2) is 36.4. The smallest absolute Gasteiger partial charge is 0.0786 e. The number of nitrogens with zero attached hydrogens (tertiary/aromatic N) is 1. The van der Waals surface area contributed by atoms with Gasteiger partial charge in [0.1, 0.15) is 0 Å². The summed E-state index contributed by atoms with van der Waals surface area (Å²) in [5, 5.41) is 0. The molecule has 0 amide bonds. The summed E-state index contributed by atoms with van der Waals surface area (Å²) in [5.41, 5.74) is 0. The van der Waals surface area contributed by atoms with E-state index >= 15 is 0 Å². The minimum absolute atomic E-state index is 1.37. The molecule has 0 unspecified atom stereocenters. The molecule has 0 spiro atoms. The quantitative estimate of drug-likeness (QED) is 0.0484. The van der Waals surface area contributed by atoms with E-state index in [1.54, 1.807) is 0 Å². The van der Waals surface area contributed by atoms with E-state index in [4.69, 9.17) is 0 Å². The molecule has 260 valence electrons. The molecule has 0 heterocycles. The lowest BCUT2D eigenvalue weighted by Crippen LogP contribution is -2.50. The number of hydrogen-bond acceptors (Lipinski definition) is 0. The van der Waals surface area contributed by atoms with Gasteiger partial charge >= 0.3 is 0 Å². The van der Waals surface area contributed by atoms with Crippen LogP contribution < -0.4 is 0 Å². The molecule has 0 aromatic carbocycles. The fourth-order valence-corrected chi connectivity index (χ4v) is 7.35. The van der Waals surface area contributed by atoms with Gasteiger partial charge in [-0.1, -0.05) is 195 Å². The zero-order valence-corrected chi connectivity index (χ0v) is 31.3. The van der Waals surface area contributed by atoms with Gasteiger partial charge in [0, 0.05) is 0 Å². The molecule has 0 N–H and O–H groups in total. The van der Waals surface area contributed by atoms with E-state index in [1.165, 1.54) is 249 Å². The first-order valence-electron chi connectivity index (χ1n) is 21.1. The first kappa shape index (κ1) is 43.0. The SMILES string of the molecule is CCCCCCCCCCCC[N+](CCCCCC)(CCCCCCCCCCCC)CCCCCCCCCCCC. The van der Waals surface area contributed by atoms with Crippen molar-refractivity contribution < 1.29 is 4.48 Å². The summed E-state index contributed by atoms with van der Waals surface area (Å²) in [7, 11) is 0. The van der Waals surface area contributed by atoms with E-state index in [-0.39, 0.29) is 0 Å². The number of hydrogen-bond donors (Lipinski definition) is 0. The summed E-state index contributed by atoms with van der Waals surface area (Å²) in [4.78, 5) is 0. The number of quaternary nitrogens is 1. The summed E-state index contributed by atoms with van der Waals surface area (Å²) >= 11 is 0. The maximum atomic E-state index is 2.37. The van der Waals surface area contributed by atoms with Crippen LogP contribution in [0.1, 0.15) is 246 Å². The fourth-order valence-electron chi connectivity index (χ4n) is 7.35. The first-order valence-corrected chi connectivity index (χ1v) is 21.1. The van der Waals surface area contributed by atoms with Gasteiger partial charge in [-0.05, 0) is 51.4 Å². The molecule has 0 bridgehead atoms. The Morgan fingerprint density at radius 1 is 0.186 bits per heavy atom. The standard InChI is InChI=1S/C42H88N/c1-5-9-13-17-20-23-26-29-32-36-40-43(39-35-16-12-8-4,41-37-33-30-27-24-21-18-14-10-6-2)42-38-34-31-28-25-22-19-15-11-7-3/h5-42H2,1-4H3/q+1. The molecule has 0 fully saturated rings. The lowest BCUT2D eigenvalue weighted by molar-refractivity contribution is -0.929. The van der Waals surface area contributed by atoms with Crippen LogP contribution in [0.15, 0.2) is 0 Å². The third-order valence-corrected chi connectivity index (χ3v) is 10.4. The average molecular weight is 607 g/mol. The Balaban J connectivity index is 4.66. The van der Waals surface area contributed by atoms with Crippen LogP contribution in [0.5, 0.6) is 0 Å². The van der Waals surface area contributed by atoms with E-state index in [0.29, 0.717) is 0 Å². The molecule has 0 rings (SSSR count). The Morgan fingerprint density at radius 2 is 0.326 bits per heavy atom. The second-order valence-electron chi connectivity index (χ2n) is 14.8. The van der Waals surface area contributed by atoms with Crippen molar-refractivity contribution in [3.8, 4) is 0 Å². The topological polar surface area (TPSA) is 0 Å². The van der Waals surface area contributed by atoms with Crippen LogP contribution in [0.3, 0.4) is 0 Å². The van der Waals surface area contributed by atoms with Crippen LogP contribution in [0.4, 0.5) is 0 Å². The highest BCUT2D eigenvalue weighted by atomic mass is 15.3. The van der Waals surface area contributed by atoms with Crippen molar-refractivity contribution in [2.75, 3.05) is 26.2 Å². The highest BCUT2D eigenvalue weighted by molar-refractivity contribution is 4.56.